The molecule has 0 unspecified atom stereocenters. The molecule has 2 rings (SSSR count). The van der Waals surface area contributed by atoms with Gasteiger partial charge in [0.2, 0.25) is 0 Å². The van der Waals surface area contributed by atoms with Crippen molar-refractivity contribution in [1.82, 2.24) is 15.3 Å². The highest BCUT2D eigenvalue weighted by Gasteiger charge is 2.06. The molecule has 5 heteroatoms. The quantitative estimate of drug-likeness (QED) is 0.780. The molecular formula is C12H12N4O. The van der Waals surface area contributed by atoms with Crippen molar-refractivity contribution in [3.63, 3.8) is 0 Å². The zero-order valence-electron chi connectivity index (χ0n) is 9.23. The van der Waals surface area contributed by atoms with Crippen molar-refractivity contribution in [2.75, 3.05) is 6.54 Å². The lowest BCUT2D eigenvalue weighted by Gasteiger charge is -2.03. The molecule has 0 aliphatic heterocycles. The molecule has 17 heavy (non-hydrogen) atoms. The molecule has 0 bridgehead atoms. The van der Waals surface area contributed by atoms with Crippen LogP contribution in [0.5, 0.6) is 0 Å². The molecule has 0 saturated heterocycles. The Bertz CT molecular complexity index is 567. The molecule has 0 atom stereocenters. The van der Waals surface area contributed by atoms with Gasteiger partial charge in [-0.2, -0.15) is 5.26 Å². The van der Waals surface area contributed by atoms with Gasteiger partial charge in [-0.25, -0.2) is 4.98 Å². The molecule has 1 heterocycles. The zero-order chi connectivity index (χ0) is 12.1. The third kappa shape index (κ3) is 2.61. The van der Waals surface area contributed by atoms with E-state index in [0.717, 1.165) is 11.0 Å². The van der Waals surface area contributed by atoms with Gasteiger partial charge in [-0.3, -0.25) is 4.79 Å². The number of fused-ring (bicyclic) bond motifs is 1. The third-order valence-electron chi connectivity index (χ3n) is 2.43. The molecule has 0 saturated carbocycles. The van der Waals surface area contributed by atoms with E-state index in [1.54, 1.807) is 24.5 Å². The van der Waals surface area contributed by atoms with Crippen molar-refractivity contribution >= 4 is 16.9 Å². The first kappa shape index (κ1) is 11.1. The third-order valence-corrected chi connectivity index (χ3v) is 2.43. The summed E-state index contributed by atoms with van der Waals surface area (Å²) in [5, 5.41) is 11.1. The monoisotopic (exact) mass is 228 g/mol. The summed E-state index contributed by atoms with van der Waals surface area (Å²) in [4.78, 5) is 18.8. The summed E-state index contributed by atoms with van der Waals surface area (Å²) in [5.41, 5.74) is 2.28. The Labute approximate surface area is 98.5 Å². The summed E-state index contributed by atoms with van der Waals surface area (Å²) in [5.74, 6) is -0.126. The Hall–Kier alpha value is -2.35. The molecular weight excluding hydrogens is 216 g/mol. The lowest BCUT2D eigenvalue weighted by Crippen LogP contribution is -2.24. The summed E-state index contributed by atoms with van der Waals surface area (Å²) in [6.07, 6.45) is 2.73. The van der Waals surface area contributed by atoms with Crippen LogP contribution in [0.3, 0.4) is 0 Å². The SMILES string of the molecule is N#CCCCNC(=O)c1ccc2nc[nH]c2c1. The highest BCUT2D eigenvalue weighted by molar-refractivity contribution is 5.97. The number of benzene rings is 1. The van der Waals surface area contributed by atoms with E-state index >= 15 is 0 Å². The summed E-state index contributed by atoms with van der Waals surface area (Å²) in [7, 11) is 0. The van der Waals surface area contributed by atoms with Gasteiger partial charge in [0.1, 0.15) is 0 Å². The number of unbranched alkanes of at least 4 members (excludes halogenated alkanes) is 1. The van der Waals surface area contributed by atoms with Crippen molar-refractivity contribution in [3.8, 4) is 6.07 Å². The molecule has 1 aromatic carbocycles. The van der Waals surface area contributed by atoms with Gasteiger partial charge < -0.3 is 10.3 Å². The van der Waals surface area contributed by atoms with Gasteiger partial charge in [0.25, 0.3) is 5.91 Å². The Balaban J connectivity index is 2.01. The summed E-state index contributed by atoms with van der Waals surface area (Å²) < 4.78 is 0. The number of carbonyl (C=O) groups excluding carboxylic acids is 1. The summed E-state index contributed by atoms with van der Waals surface area (Å²) in [6, 6.07) is 7.34. The molecule has 0 spiro atoms. The Morgan fingerprint density at radius 1 is 1.53 bits per heavy atom. The number of hydrogen-bond donors (Lipinski definition) is 2. The van der Waals surface area contributed by atoms with Gasteiger partial charge in [0.15, 0.2) is 0 Å². The average molecular weight is 228 g/mol. The van der Waals surface area contributed by atoms with Gasteiger partial charge in [-0.05, 0) is 24.6 Å². The van der Waals surface area contributed by atoms with Crippen molar-refractivity contribution in [3.05, 3.63) is 30.1 Å². The molecule has 0 aliphatic carbocycles. The molecule has 0 radical (unpaired) electrons. The highest BCUT2D eigenvalue weighted by Crippen LogP contribution is 2.11. The lowest BCUT2D eigenvalue weighted by molar-refractivity contribution is 0.0953. The second-order valence-corrected chi connectivity index (χ2v) is 3.65. The van der Waals surface area contributed by atoms with Crippen LogP contribution in [-0.2, 0) is 0 Å². The second kappa shape index (κ2) is 5.12. The largest absolute Gasteiger partial charge is 0.352 e. The molecule has 0 aliphatic rings. The number of amides is 1. The van der Waals surface area contributed by atoms with Crippen molar-refractivity contribution in [1.29, 1.82) is 5.26 Å². The predicted molar refractivity (Wildman–Crippen MR) is 63.3 cm³/mol. The number of nitriles is 1. The van der Waals surface area contributed by atoms with Crippen molar-refractivity contribution in [2.24, 2.45) is 0 Å². The highest BCUT2D eigenvalue weighted by atomic mass is 16.1. The Morgan fingerprint density at radius 3 is 3.24 bits per heavy atom. The molecule has 2 N–H and O–H groups in total. The first-order chi connectivity index (χ1) is 8.31. The van der Waals surface area contributed by atoms with E-state index in [0.29, 0.717) is 24.9 Å². The van der Waals surface area contributed by atoms with E-state index in [1.165, 1.54) is 0 Å². The van der Waals surface area contributed by atoms with Gasteiger partial charge >= 0.3 is 0 Å². The van der Waals surface area contributed by atoms with E-state index in [1.807, 2.05) is 6.07 Å². The van der Waals surface area contributed by atoms with E-state index in [2.05, 4.69) is 15.3 Å². The number of aromatic amines is 1. The van der Waals surface area contributed by atoms with Crippen molar-refractivity contribution < 1.29 is 4.79 Å². The van der Waals surface area contributed by atoms with Crippen LogP contribution in [0, 0.1) is 11.3 Å². The molecule has 1 amide bonds. The Morgan fingerprint density at radius 2 is 2.41 bits per heavy atom. The maximum Gasteiger partial charge on any atom is 0.251 e. The van der Waals surface area contributed by atoms with Crippen LogP contribution in [0.15, 0.2) is 24.5 Å². The van der Waals surface area contributed by atoms with Gasteiger partial charge in [0, 0.05) is 18.5 Å². The van der Waals surface area contributed by atoms with E-state index in [-0.39, 0.29) is 5.91 Å². The number of imidazole rings is 1. The van der Waals surface area contributed by atoms with Crippen LogP contribution in [0.2, 0.25) is 0 Å². The maximum atomic E-state index is 11.7. The van der Waals surface area contributed by atoms with Crippen molar-refractivity contribution in [2.45, 2.75) is 12.8 Å². The normalized spacial score (nSPS) is 10.1. The fourth-order valence-corrected chi connectivity index (χ4v) is 1.55. The first-order valence-electron chi connectivity index (χ1n) is 5.39. The molecule has 0 fully saturated rings. The first-order valence-corrected chi connectivity index (χ1v) is 5.39. The molecule has 1 aromatic heterocycles. The number of rotatable bonds is 4. The fourth-order valence-electron chi connectivity index (χ4n) is 1.55. The summed E-state index contributed by atoms with van der Waals surface area (Å²) >= 11 is 0. The minimum absolute atomic E-state index is 0.126. The number of carbonyl (C=O) groups is 1. The van der Waals surface area contributed by atoms with E-state index in [4.69, 9.17) is 5.26 Å². The number of nitrogens with one attached hydrogen (secondary N) is 2. The number of H-pyrrole nitrogens is 1. The minimum Gasteiger partial charge on any atom is -0.352 e. The fraction of sp³-hybridized carbons (Fsp3) is 0.250. The standard InChI is InChI=1S/C12H12N4O/c13-5-1-2-6-14-12(17)9-3-4-10-11(7-9)16-8-15-10/h3-4,7-8H,1-2,6H2,(H,14,17)(H,15,16). The summed E-state index contributed by atoms with van der Waals surface area (Å²) in [6.45, 7) is 0.521. The van der Waals surface area contributed by atoms with Crippen LogP contribution in [0.25, 0.3) is 11.0 Å². The lowest BCUT2D eigenvalue weighted by atomic mass is 10.2. The van der Waals surface area contributed by atoms with Crippen LogP contribution < -0.4 is 5.32 Å². The number of hydrogen-bond acceptors (Lipinski definition) is 3. The van der Waals surface area contributed by atoms with Gasteiger partial charge in [-0.1, -0.05) is 0 Å². The molecule has 86 valence electrons. The number of aromatic nitrogens is 2. The van der Waals surface area contributed by atoms with Crippen LogP contribution >= 0.6 is 0 Å². The minimum atomic E-state index is -0.126. The zero-order valence-corrected chi connectivity index (χ0v) is 9.23. The topological polar surface area (TPSA) is 81.6 Å². The van der Waals surface area contributed by atoms with Crippen LogP contribution in [0.1, 0.15) is 23.2 Å². The van der Waals surface area contributed by atoms with Crippen LogP contribution in [-0.4, -0.2) is 22.4 Å². The molecule has 5 nitrogen and oxygen atoms in total. The predicted octanol–water partition coefficient (Wildman–Crippen LogP) is 1.60. The van der Waals surface area contributed by atoms with Crippen LogP contribution in [0.4, 0.5) is 0 Å². The number of nitrogens with zero attached hydrogens (tertiary/aromatic N) is 2. The van der Waals surface area contributed by atoms with Gasteiger partial charge in [-0.15, -0.1) is 0 Å². The second-order valence-electron chi connectivity index (χ2n) is 3.65. The van der Waals surface area contributed by atoms with E-state index < -0.39 is 0 Å². The average Bonchev–Trinajstić information content (AvgIpc) is 2.81. The van der Waals surface area contributed by atoms with Gasteiger partial charge in [0.05, 0.1) is 23.4 Å². The maximum absolute atomic E-state index is 11.7. The Kier molecular flexibility index (Phi) is 3.36. The molecule has 2 aromatic rings. The van der Waals surface area contributed by atoms with E-state index in [9.17, 15) is 4.79 Å². The smallest absolute Gasteiger partial charge is 0.251 e.